The van der Waals surface area contributed by atoms with Crippen LogP contribution in [0.3, 0.4) is 0 Å². The van der Waals surface area contributed by atoms with E-state index in [1.807, 2.05) is 32.0 Å². The van der Waals surface area contributed by atoms with Gasteiger partial charge in [-0.05, 0) is 61.7 Å². The molecule has 0 aliphatic carbocycles. The lowest BCUT2D eigenvalue weighted by Gasteiger charge is -2.27. The zero-order valence-corrected chi connectivity index (χ0v) is 17.5. The normalized spacial score (nSPS) is 15.4. The van der Waals surface area contributed by atoms with Gasteiger partial charge < -0.3 is 9.64 Å². The van der Waals surface area contributed by atoms with Crippen molar-refractivity contribution in [2.45, 2.75) is 25.7 Å². The minimum absolute atomic E-state index is 0.175. The van der Waals surface area contributed by atoms with E-state index in [0.29, 0.717) is 37.4 Å². The molecule has 1 heterocycles. The first-order chi connectivity index (χ1) is 13.2. The predicted octanol–water partition coefficient (Wildman–Crippen LogP) is 2.91. The summed E-state index contributed by atoms with van der Waals surface area (Å²) in [5.41, 5.74) is 3.88. The molecule has 1 saturated heterocycles. The molecule has 1 aliphatic rings. The maximum atomic E-state index is 13.1. The monoisotopic (exact) mass is 402 g/mol. The lowest BCUT2D eigenvalue weighted by molar-refractivity contribution is 0.0730. The highest BCUT2D eigenvalue weighted by Gasteiger charge is 2.29. The summed E-state index contributed by atoms with van der Waals surface area (Å²) in [5, 5.41) is 0. The molecule has 0 aromatic heterocycles. The van der Waals surface area contributed by atoms with Gasteiger partial charge in [-0.1, -0.05) is 12.1 Å². The first-order valence-electron chi connectivity index (χ1n) is 9.25. The van der Waals surface area contributed by atoms with Crippen LogP contribution in [0.2, 0.25) is 0 Å². The Balaban J connectivity index is 1.95. The third-order valence-electron chi connectivity index (χ3n) is 4.92. The molecule has 7 heteroatoms. The van der Waals surface area contributed by atoms with Crippen LogP contribution in [0.15, 0.2) is 41.3 Å². The maximum absolute atomic E-state index is 13.1. The van der Waals surface area contributed by atoms with E-state index in [4.69, 9.17) is 4.74 Å². The summed E-state index contributed by atoms with van der Waals surface area (Å²) in [6.07, 6.45) is 0. The summed E-state index contributed by atoms with van der Waals surface area (Å²) in [7, 11) is -1.97. The van der Waals surface area contributed by atoms with Crippen molar-refractivity contribution in [1.82, 2.24) is 4.31 Å². The molecule has 0 atom stereocenters. The van der Waals surface area contributed by atoms with Gasteiger partial charge in [0.05, 0.1) is 18.1 Å². The van der Waals surface area contributed by atoms with E-state index in [1.54, 1.807) is 31.0 Å². The van der Waals surface area contributed by atoms with Crippen LogP contribution in [0.1, 0.15) is 27.0 Å². The molecule has 6 nitrogen and oxygen atoms in total. The van der Waals surface area contributed by atoms with Crippen LogP contribution >= 0.6 is 0 Å². The fourth-order valence-corrected chi connectivity index (χ4v) is 5.05. The molecule has 28 heavy (non-hydrogen) atoms. The van der Waals surface area contributed by atoms with Crippen LogP contribution in [0.5, 0.6) is 0 Å². The molecule has 1 aliphatic heterocycles. The number of benzene rings is 2. The Morgan fingerprint density at radius 2 is 1.61 bits per heavy atom. The van der Waals surface area contributed by atoms with E-state index in [2.05, 4.69) is 0 Å². The first-order valence-corrected chi connectivity index (χ1v) is 10.7. The number of anilines is 1. The molecule has 0 spiro atoms. The number of hydrogen-bond donors (Lipinski definition) is 0. The van der Waals surface area contributed by atoms with Gasteiger partial charge in [0.15, 0.2) is 0 Å². The summed E-state index contributed by atoms with van der Waals surface area (Å²) >= 11 is 0. The molecule has 1 fully saturated rings. The molecule has 3 rings (SSSR count). The Labute approximate surface area is 166 Å². The van der Waals surface area contributed by atoms with Crippen LogP contribution in [0.25, 0.3) is 0 Å². The number of nitrogens with zero attached hydrogens (tertiary/aromatic N) is 2. The third-order valence-corrected chi connectivity index (χ3v) is 6.96. The van der Waals surface area contributed by atoms with Gasteiger partial charge in [-0.25, -0.2) is 8.42 Å². The molecule has 0 bridgehead atoms. The highest BCUT2D eigenvalue weighted by atomic mass is 32.2. The van der Waals surface area contributed by atoms with Crippen molar-refractivity contribution in [3.05, 3.63) is 58.7 Å². The van der Waals surface area contributed by atoms with Crippen LogP contribution in [0, 0.1) is 20.8 Å². The highest BCUT2D eigenvalue weighted by molar-refractivity contribution is 7.89. The van der Waals surface area contributed by atoms with E-state index < -0.39 is 10.0 Å². The third kappa shape index (κ3) is 4.11. The lowest BCUT2D eigenvalue weighted by Crippen LogP contribution is -2.41. The Kier molecular flexibility index (Phi) is 5.88. The fraction of sp³-hybridized carbons (Fsp3) is 0.381. The SMILES string of the molecule is Cc1cc(C)cc(N(C)C(=O)c2ccc(C)c(S(=O)(=O)N3CCOCC3)c2)c1. The number of ether oxygens (including phenoxy) is 1. The topological polar surface area (TPSA) is 66.9 Å². The van der Waals surface area contributed by atoms with Crippen molar-refractivity contribution < 1.29 is 17.9 Å². The number of amides is 1. The molecular weight excluding hydrogens is 376 g/mol. The van der Waals surface area contributed by atoms with E-state index in [-0.39, 0.29) is 10.8 Å². The van der Waals surface area contributed by atoms with Gasteiger partial charge in [-0.3, -0.25) is 4.79 Å². The largest absolute Gasteiger partial charge is 0.379 e. The Bertz CT molecular complexity index is 975. The van der Waals surface area contributed by atoms with Gasteiger partial charge in [0.25, 0.3) is 5.91 Å². The molecular formula is C21H26N2O4S. The number of aryl methyl sites for hydroxylation is 3. The summed E-state index contributed by atoms with van der Waals surface area (Å²) < 4.78 is 32.8. The molecule has 0 saturated carbocycles. The van der Waals surface area contributed by atoms with Crippen molar-refractivity contribution in [2.75, 3.05) is 38.3 Å². The molecule has 2 aromatic rings. The van der Waals surface area contributed by atoms with Crippen molar-refractivity contribution in [1.29, 1.82) is 0 Å². The van der Waals surface area contributed by atoms with E-state index in [1.165, 1.54) is 10.4 Å². The average Bonchev–Trinajstić information content (AvgIpc) is 2.67. The maximum Gasteiger partial charge on any atom is 0.258 e. The summed E-state index contributed by atoms with van der Waals surface area (Å²) in [5.74, 6) is -0.247. The molecule has 1 amide bonds. The van der Waals surface area contributed by atoms with E-state index in [0.717, 1.165) is 16.8 Å². The summed E-state index contributed by atoms with van der Waals surface area (Å²) in [4.78, 5) is 14.8. The molecule has 2 aromatic carbocycles. The molecule has 0 radical (unpaired) electrons. The predicted molar refractivity (Wildman–Crippen MR) is 109 cm³/mol. The van der Waals surface area contributed by atoms with Crippen molar-refractivity contribution in [3.63, 3.8) is 0 Å². The number of morpholine rings is 1. The second kappa shape index (κ2) is 8.03. The smallest absolute Gasteiger partial charge is 0.258 e. The van der Waals surface area contributed by atoms with Gasteiger partial charge in [0.1, 0.15) is 0 Å². The van der Waals surface area contributed by atoms with Crippen LogP contribution in [0.4, 0.5) is 5.69 Å². The van der Waals surface area contributed by atoms with Gasteiger partial charge in [-0.2, -0.15) is 4.31 Å². The zero-order valence-electron chi connectivity index (χ0n) is 16.7. The summed E-state index contributed by atoms with van der Waals surface area (Å²) in [6.45, 7) is 7.11. The van der Waals surface area contributed by atoms with Gasteiger partial charge in [0, 0.05) is 31.4 Å². The number of carbonyl (C=O) groups excluding carboxylic acids is 1. The van der Waals surface area contributed by atoms with Gasteiger partial charge >= 0.3 is 0 Å². The Morgan fingerprint density at radius 1 is 1.00 bits per heavy atom. The number of sulfonamides is 1. The molecule has 0 unspecified atom stereocenters. The van der Waals surface area contributed by atoms with Gasteiger partial charge in [-0.15, -0.1) is 0 Å². The van der Waals surface area contributed by atoms with E-state index >= 15 is 0 Å². The van der Waals surface area contributed by atoms with Crippen molar-refractivity contribution >= 4 is 21.6 Å². The fourth-order valence-electron chi connectivity index (χ4n) is 3.39. The second-order valence-corrected chi connectivity index (χ2v) is 9.11. The van der Waals surface area contributed by atoms with Crippen LogP contribution in [-0.4, -0.2) is 52.0 Å². The first kappa shape index (κ1) is 20.5. The van der Waals surface area contributed by atoms with Crippen LogP contribution < -0.4 is 4.90 Å². The standard InChI is InChI=1S/C21H26N2O4S/c1-15-11-16(2)13-19(12-15)22(4)21(24)18-6-5-17(3)20(14-18)28(25,26)23-7-9-27-10-8-23/h5-6,11-14H,7-10H2,1-4H3. The van der Waals surface area contributed by atoms with Crippen LogP contribution in [-0.2, 0) is 14.8 Å². The Hall–Kier alpha value is -2.22. The van der Waals surface area contributed by atoms with Gasteiger partial charge in [0.2, 0.25) is 10.0 Å². The highest BCUT2D eigenvalue weighted by Crippen LogP contribution is 2.25. The number of hydrogen-bond acceptors (Lipinski definition) is 4. The average molecular weight is 403 g/mol. The second-order valence-electron chi connectivity index (χ2n) is 7.21. The minimum atomic E-state index is -3.67. The summed E-state index contributed by atoms with van der Waals surface area (Å²) in [6, 6.07) is 10.8. The molecule has 0 N–H and O–H groups in total. The van der Waals surface area contributed by atoms with E-state index in [9.17, 15) is 13.2 Å². The quantitative estimate of drug-likeness (QED) is 0.789. The number of rotatable bonds is 4. The lowest BCUT2D eigenvalue weighted by atomic mass is 10.1. The van der Waals surface area contributed by atoms with Crippen molar-refractivity contribution in [3.8, 4) is 0 Å². The zero-order chi connectivity index (χ0) is 20.5. The minimum Gasteiger partial charge on any atom is -0.379 e. The Morgan fingerprint density at radius 3 is 2.21 bits per heavy atom. The van der Waals surface area contributed by atoms with Crippen molar-refractivity contribution in [2.24, 2.45) is 0 Å². The number of carbonyl (C=O) groups is 1. The molecule has 150 valence electrons.